The molecule has 2 aromatic rings. The third-order valence-corrected chi connectivity index (χ3v) is 3.83. The van der Waals surface area contributed by atoms with Crippen LogP contribution >= 0.6 is 22.6 Å². The fraction of sp³-hybridized carbons (Fsp3) is 0.125. The zero-order valence-corrected chi connectivity index (χ0v) is 13.7. The van der Waals surface area contributed by atoms with Gasteiger partial charge in [-0.1, -0.05) is 12.1 Å². The summed E-state index contributed by atoms with van der Waals surface area (Å²) in [5.41, 5.74) is 2.26. The number of hydrogen-bond donors (Lipinski definition) is 2. The van der Waals surface area contributed by atoms with Crippen LogP contribution in [-0.4, -0.2) is 18.2 Å². The van der Waals surface area contributed by atoms with Crippen LogP contribution in [0.3, 0.4) is 0 Å². The van der Waals surface area contributed by atoms with Crippen LogP contribution in [0.1, 0.15) is 17.3 Å². The molecule has 108 valence electrons. The molecule has 2 aromatic carbocycles. The summed E-state index contributed by atoms with van der Waals surface area (Å²) in [5, 5.41) is 5.87. The molecule has 0 spiro atoms. The number of nitrogens with one attached hydrogen (secondary N) is 2. The molecule has 0 atom stereocenters. The Kier molecular flexibility index (Phi) is 5.32. The second-order valence-corrected chi connectivity index (χ2v) is 5.68. The first-order valence-corrected chi connectivity index (χ1v) is 7.53. The Morgan fingerprint density at radius 2 is 1.71 bits per heavy atom. The smallest absolute Gasteiger partial charge is 0.243 e. The Morgan fingerprint density at radius 1 is 1.05 bits per heavy atom. The van der Waals surface area contributed by atoms with Crippen LogP contribution in [0.25, 0.3) is 0 Å². The zero-order chi connectivity index (χ0) is 15.2. The quantitative estimate of drug-likeness (QED) is 0.603. The van der Waals surface area contributed by atoms with Crippen LogP contribution in [0.2, 0.25) is 0 Å². The van der Waals surface area contributed by atoms with Gasteiger partial charge in [-0.25, -0.2) is 0 Å². The van der Waals surface area contributed by atoms with Crippen molar-refractivity contribution < 1.29 is 9.59 Å². The van der Waals surface area contributed by atoms with Crippen LogP contribution in [-0.2, 0) is 4.79 Å². The molecule has 5 heteroatoms. The largest absolute Gasteiger partial charge is 0.376 e. The number of hydrogen-bond acceptors (Lipinski definition) is 3. The van der Waals surface area contributed by atoms with Gasteiger partial charge in [-0.2, -0.15) is 0 Å². The Labute approximate surface area is 137 Å². The molecule has 0 radical (unpaired) electrons. The van der Waals surface area contributed by atoms with E-state index in [1.807, 2.05) is 24.3 Å². The van der Waals surface area contributed by atoms with E-state index in [-0.39, 0.29) is 18.2 Å². The minimum atomic E-state index is -0.116. The number of amides is 1. The van der Waals surface area contributed by atoms with E-state index in [0.717, 1.165) is 14.9 Å². The maximum absolute atomic E-state index is 11.9. The molecule has 0 aliphatic rings. The molecule has 2 rings (SSSR count). The van der Waals surface area contributed by atoms with E-state index in [1.165, 1.54) is 6.92 Å². The highest BCUT2D eigenvalue weighted by molar-refractivity contribution is 14.1. The maximum atomic E-state index is 11.9. The number of Topliss-reactive ketones (excluding diaryl/α,β-unsaturated/α-hetero) is 1. The van der Waals surface area contributed by atoms with Gasteiger partial charge >= 0.3 is 0 Å². The van der Waals surface area contributed by atoms with E-state index in [0.29, 0.717) is 5.56 Å². The number of halogens is 1. The second kappa shape index (κ2) is 7.21. The summed E-state index contributed by atoms with van der Waals surface area (Å²) in [4.78, 5) is 23.1. The van der Waals surface area contributed by atoms with Crippen molar-refractivity contribution in [1.29, 1.82) is 0 Å². The van der Waals surface area contributed by atoms with Crippen molar-refractivity contribution in [2.24, 2.45) is 0 Å². The van der Waals surface area contributed by atoms with Crippen molar-refractivity contribution in [3.8, 4) is 0 Å². The monoisotopic (exact) mass is 394 g/mol. The van der Waals surface area contributed by atoms with Crippen molar-refractivity contribution in [2.75, 3.05) is 17.2 Å². The lowest BCUT2D eigenvalue weighted by Gasteiger charge is -2.09. The number of carbonyl (C=O) groups excluding carboxylic acids is 2. The summed E-state index contributed by atoms with van der Waals surface area (Å²) in [6.07, 6.45) is 0. The number of rotatable bonds is 5. The van der Waals surface area contributed by atoms with Gasteiger partial charge in [0.2, 0.25) is 5.91 Å². The molecule has 0 aliphatic heterocycles. The van der Waals surface area contributed by atoms with Crippen molar-refractivity contribution in [2.45, 2.75) is 6.92 Å². The van der Waals surface area contributed by atoms with Gasteiger partial charge in [0.25, 0.3) is 0 Å². The van der Waals surface area contributed by atoms with E-state index in [9.17, 15) is 9.59 Å². The molecule has 0 saturated heterocycles. The molecule has 0 bridgehead atoms. The van der Waals surface area contributed by atoms with Gasteiger partial charge in [-0.05, 0) is 65.9 Å². The Balaban J connectivity index is 1.89. The molecule has 2 N–H and O–H groups in total. The molecule has 21 heavy (non-hydrogen) atoms. The van der Waals surface area contributed by atoms with E-state index in [1.54, 1.807) is 24.3 Å². The third kappa shape index (κ3) is 4.56. The average molecular weight is 394 g/mol. The van der Waals surface area contributed by atoms with Crippen molar-refractivity contribution >= 4 is 45.7 Å². The predicted molar refractivity (Wildman–Crippen MR) is 92.7 cm³/mol. The molecular weight excluding hydrogens is 379 g/mol. The van der Waals surface area contributed by atoms with E-state index < -0.39 is 0 Å². The first kappa shape index (κ1) is 15.5. The van der Waals surface area contributed by atoms with Crippen molar-refractivity contribution in [1.82, 2.24) is 0 Å². The fourth-order valence-electron chi connectivity index (χ4n) is 1.76. The predicted octanol–water partition coefficient (Wildman–Crippen LogP) is 3.54. The van der Waals surface area contributed by atoms with Crippen LogP contribution < -0.4 is 10.6 Å². The highest BCUT2D eigenvalue weighted by Crippen LogP contribution is 2.16. The molecule has 0 fully saturated rings. The molecule has 4 nitrogen and oxygen atoms in total. The van der Waals surface area contributed by atoms with Gasteiger partial charge in [0.15, 0.2) is 5.78 Å². The highest BCUT2D eigenvalue weighted by Gasteiger charge is 2.05. The van der Waals surface area contributed by atoms with Gasteiger partial charge in [0.05, 0.1) is 12.2 Å². The van der Waals surface area contributed by atoms with Crippen LogP contribution in [0, 0.1) is 3.57 Å². The third-order valence-electron chi connectivity index (χ3n) is 2.89. The SMILES string of the molecule is CC(=O)c1ccc(NCC(=O)Nc2ccccc2I)cc1. The number of para-hydroxylation sites is 1. The summed E-state index contributed by atoms with van der Waals surface area (Å²) in [6.45, 7) is 1.70. The summed E-state index contributed by atoms with van der Waals surface area (Å²) in [5.74, 6) is -0.0901. The van der Waals surface area contributed by atoms with Gasteiger partial charge in [0.1, 0.15) is 0 Å². The lowest BCUT2D eigenvalue weighted by Crippen LogP contribution is -2.22. The summed E-state index contributed by atoms with van der Waals surface area (Å²) < 4.78 is 0.995. The number of carbonyl (C=O) groups is 2. The molecule has 0 aromatic heterocycles. The first-order valence-electron chi connectivity index (χ1n) is 6.45. The Morgan fingerprint density at radius 3 is 2.33 bits per heavy atom. The molecular formula is C16H15IN2O2. The summed E-state index contributed by atoms with van der Waals surface area (Å²) >= 11 is 2.18. The normalized spacial score (nSPS) is 10.0. The first-order chi connectivity index (χ1) is 10.1. The van der Waals surface area contributed by atoms with Gasteiger partial charge in [0, 0.05) is 14.8 Å². The van der Waals surface area contributed by atoms with Gasteiger partial charge < -0.3 is 10.6 Å². The maximum Gasteiger partial charge on any atom is 0.243 e. The van der Waals surface area contributed by atoms with Gasteiger partial charge in [-0.3, -0.25) is 9.59 Å². The fourth-order valence-corrected chi connectivity index (χ4v) is 2.28. The topological polar surface area (TPSA) is 58.2 Å². The molecule has 0 saturated carbocycles. The summed E-state index contributed by atoms with van der Waals surface area (Å²) in [7, 11) is 0. The van der Waals surface area contributed by atoms with Crippen LogP contribution in [0.4, 0.5) is 11.4 Å². The lowest BCUT2D eigenvalue weighted by atomic mass is 10.1. The van der Waals surface area contributed by atoms with E-state index in [4.69, 9.17) is 0 Å². The van der Waals surface area contributed by atoms with Crippen molar-refractivity contribution in [3.63, 3.8) is 0 Å². The standard InChI is InChI=1S/C16H15IN2O2/c1-11(20)12-6-8-13(9-7-12)18-10-16(21)19-15-5-3-2-4-14(15)17/h2-9,18H,10H2,1H3,(H,19,21). The molecule has 1 amide bonds. The molecule has 0 heterocycles. The Bertz CT molecular complexity index is 654. The Hall–Kier alpha value is -1.89. The average Bonchev–Trinajstić information content (AvgIpc) is 2.48. The molecule has 0 unspecified atom stereocenters. The summed E-state index contributed by atoms with van der Waals surface area (Å²) in [6, 6.07) is 14.7. The number of anilines is 2. The number of ketones is 1. The minimum absolute atomic E-state index is 0.0259. The zero-order valence-electron chi connectivity index (χ0n) is 11.5. The lowest BCUT2D eigenvalue weighted by molar-refractivity contribution is -0.114. The van der Waals surface area contributed by atoms with E-state index >= 15 is 0 Å². The second-order valence-electron chi connectivity index (χ2n) is 4.52. The van der Waals surface area contributed by atoms with Crippen molar-refractivity contribution in [3.05, 3.63) is 57.7 Å². The van der Waals surface area contributed by atoms with Crippen LogP contribution in [0.15, 0.2) is 48.5 Å². The molecule has 0 aliphatic carbocycles. The van der Waals surface area contributed by atoms with E-state index in [2.05, 4.69) is 33.2 Å². The van der Waals surface area contributed by atoms with Crippen LogP contribution in [0.5, 0.6) is 0 Å². The number of benzene rings is 2. The minimum Gasteiger partial charge on any atom is -0.376 e. The highest BCUT2D eigenvalue weighted by atomic mass is 127. The van der Waals surface area contributed by atoms with Gasteiger partial charge in [-0.15, -0.1) is 0 Å².